The number of hydrogen-bond acceptors (Lipinski definition) is 4. The summed E-state index contributed by atoms with van der Waals surface area (Å²) in [6.07, 6.45) is 5.26. The van der Waals surface area contributed by atoms with Crippen molar-refractivity contribution in [3.05, 3.63) is 40.6 Å². The minimum absolute atomic E-state index is 0.0695. The van der Waals surface area contributed by atoms with Crippen LogP contribution in [-0.4, -0.2) is 21.7 Å². The van der Waals surface area contributed by atoms with Crippen LogP contribution in [0.15, 0.2) is 33.5 Å². The lowest BCUT2D eigenvalue weighted by molar-refractivity contribution is -0.123. The van der Waals surface area contributed by atoms with Crippen molar-refractivity contribution in [2.24, 2.45) is 11.3 Å². The molecule has 0 bridgehead atoms. The molecule has 1 aliphatic rings. The van der Waals surface area contributed by atoms with Crippen molar-refractivity contribution < 1.29 is 13.6 Å². The van der Waals surface area contributed by atoms with Crippen molar-refractivity contribution in [1.29, 1.82) is 0 Å². The lowest BCUT2D eigenvalue weighted by atomic mass is 9.69. The summed E-state index contributed by atoms with van der Waals surface area (Å²) >= 11 is 0. The number of nitrogens with one attached hydrogen (secondary N) is 1. The Morgan fingerprint density at radius 3 is 2.50 bits per heavy atom. The number of nitrogens with zero attached hydrogens (tertiary/aromatic N) is 2. The number of amides is 1. The molecular formula is C21H28FN3O3. The molecule has 2 aromatic rings. The molecule has 28 heavy (non-hydrogen) atoms. The highest BCUT2D eigenvalue weighted by Crippen LogP contribution is 2.40. The molecule has 0 saturated heterocycles. The van der Waals surface area contributed by atoms with Gasteiger partial charge in [0.25, 0.3) is 0 Å². The molecule has 1 aliphatic carbocycles. The maximum atomic E-state index is 13.0. The minimum Gasteiger partial charge on any atom is -0.388 e. The van der Waals surface area contributed by atoms with Gasteiger partial charge in [0.2, 0.25) is 11.8 Å². The van der Waals surface area contributed by atoms with E-state index >= 15 is 0 Å². The molecule has 0 unspecified atom stereocenters. The first-order valence-electron chi connectivity index (χ1n) is 9.91. The van der Waals surface area contributed by atoms with Gasteiger partial charge in [-0.3, -0.25) is 4.79 Å². The lowest BCUT2D eigenvalue weighted by Crippen LogP contribution is -2.42. The highest BCUT2D eigenvalue weighted by Gasteiger charge is 2.32. The van der Waals surface area contributed by atoms with Crippen molar-refractivity contribution in [2.75, 3.05) is 0 Å². The molecule has 0 radical (unpaired) electrons. The van der Waals surface area contributed by atoms with Crippen LogP contribution in [0, 0.1) is 17.2 Å². The number of halogens is 1. The van der Waals surface area contributed by atoms with Gasteiger partial charge >= 0.3 is 5.76 Å². The fourth-order valence-electron chi connectivity index (χ4n) is 3.83. The third kappa shape index (κ3) is 4.69. The van der Waals surface area contributed by atoms with Crippen molar-refractivity contribution in [2.45, 2.75) is 65.5 Å². The average molecular weight is 389 g/mol. The van der Waals surface area contributed by atoms with Gasteiger partial charge in [0.05, 0.1) is 0 Å². The third-order valence-corrected chi connectivity index (χ3v) is 6.10. The zero-order valence-corrected chi connectivity index (χ0v) is 16.7. The molecule has 0 atom stereocenters. The predicted octanol–water partition coefficient (Wildman–Crippen LogP) is 3.75. The second-order valence-electron chi connectivity index (χ2n) is 8.30. The van der Waals surface area contributed by atoms with Gasteiger partial charge < -0.3 is 9.73 Å². The fourth-order valence-corrected chi connectivity index (χ4v) is 3.83. The Hall–Kier alpha value is -2.44. The average Bonchev–Trinajstić information content (AvgIpc) is 3.03. The van der Waals surface area contributed by atoms with E-state index in [-0.39, 0.29) is 30.2 Å². The second-order valence-corrected chi connectivity index (χ2v) is 8.30. The second kappa shape index (κ2) is 8.29. The first kappa shape index (κ1) is 20.3. The van der Waals surface area contributed by atoms with Crippen LogP contribution in [-0.2, 0) is 11.3 Å². The van der Waals surface area contributed by atoms with Crippen molar-refractivity contribution in [3.63, 3.8) is 0 Å². The van der Waals surface area contributed by atoms with Crippen LogP contribution in [0.25, 0.3) is 11.5 Å². The fraction of sp³-hybridized carbons (Fsp3) is 0.571. The van der Waals surface area contributed by atoms with Gasteiger partial charge in [0.1, 0.15) is 12.4 Å². The molecule has 6 nitrogen and oxygen atoms in total. The van der Waals surface area contributed by atoms with E-state index in [1.54, 1.807) is 0 Å². The van der Waals surface area contributed by atoms with Crippen LogP contribution in [0.5, 0.6) is 0 Å². The minimum atomic E-state index is -0.706. The molecule has 0 spiro atoms. The van der Waals surface area contributed by atoms with Crippen molar-refractivity contribution in [1.82, 2.24) is 15.1 Å². The molecular weight excluding hydrogens is 361 g/mol. The molecule has 1 N–H and O–H groups in total. The predicted molar refractivity (Wildman–Crippen MR) is 104 cm³/mol. The topological polar surface area (TPSA) is 77.1 Å². The van der Waals surface area contributed by atoms with E-state index in [0.29, 0.717) is 16.9 Å². The van der Waals surface area contributed by atoms with Crippen molar-refractivity contribution in [3.8, 4) is 11.5 Å². The molecule has 1 heterocycles. The third-order valence-electron chi connectivity index (χ3n) is 6.10. The van der Waals surface area contributed by atoms with Gasteiger partial charge in [-0.15, -0.1) is 5.10 Å². The van der Waals surface area contributed by atoms with Crippen molar-refractivity contribution >= 4 is 5.91 Å². The maximum Gasteiger partial charge on any atom is 0.437 e. The molecule has 3 rings (SSSR count). The van der Waals surface area contributed by atoms with E-state index in [1.165, 1.54) is 24.3 Å². The quantitative estimate of drug-likeness (QED) is 0.816. The Labute approximate surface area is 164 Å². The lowest BCUT2D eigenvalue weighted by Gasteiger charge is -2.39. The smallest absolute Gasteiger partial charge is 0.388 e. The number of carbonyl (C=O) groups is 1. The molecule has 1 saturated carbocycles. The summed E-state index contributed by atoms with van der Waals surface area (Å²) in [5.74, 6) is -0.591. The summed E-state index contributed by atoms with van der Waals surface area (Å²) in [6.45, 7) is 6.66. The van der Waals surface area contributed by atoms with Gasteiger partial charge in [-0.1, -0.05) is 27.2 Å². The van der Waals surface area contributed by atoms with Crippen LogP contribution in [0.3, 0.4) is 0 Å². The first-order valence-corrected chi connectivity index (χ1v) is 9.91. The molecule has 1 aromatic carbocycles. The van der Waals surface area contributed by atoms with Gasteiger partial charge in [-0.25, -0.2) is 9.18 Å². The summed E-state index contributed by atoms with van der Waals surface area (Å²) in [6, 6.07) is 5.60. The summed E-state index contributed by atoms with van der Waals surface area (Å²) < 4.78 is 19.1. The highest BCUT2D eigenvalue weighted by molar-refractivity contribution is 5.76. The highest BCUT2D eigenvalue weighted by atomic mass is 19.1. The number of aromatic nitrogens is 2. The Morgan fingerprint density at radius 2 is 1.89 bits per heavy atom. The van der Waals surface area contributed by atoms with E-state index in [9.17, 15) is 14.0 Å². The molecule has 1 aromatic heterocycles. The Kier molecular flexibility index (Phi) is 6.01. The van der Waals surface area contributed by atoms with Gasteiger partial charge in [0, 0.05) is 11.6 Å². The van der Waals surface area contributed by atoms with Crippen LogP contribution < -0.4 is 11.1 Å². The van der Waals surface area contributed by atoms with E-state index in [4.69, 9.17) is 4.42 Å². The molecule has 0 aliphatic heterocycles. The van der Waals surface area contributed by atoms with Crippen LogP contribution in [0.1, 0.15) is 52.9 Å². The van der Waals surface area contributed by atoms with E-state index in [2.05, 4.69) is 31.2 Å². The van der Waals surface area contributed by atoms with Gasteiger partial charge in [-0.2, -0.15) is 4.68 Å². The van der Waals surface area contributed by atoms with Gasteiger partial charge in [-0.05, 0) is 61.3 Å². The Bertz CT molecular complexity index is 862. The number of rotatable bonds is 6. The largest absolute Gasteiger partial charge is 0.437 e. The molecule has 152 valence electrons. The summed E-state index contributed by atoms with van der Waals surface area (Å²) in [5.41, 5.74) is 0.814. The Morgan fingerprint density at radius 1 is 1.25 bits per heavy atom. The summed E-state index contributed by atoms with van der Waals surface area (Å²) in [4.78, 5) is 24.3. The van der Waals surface area contributed by atoms with Crippen LogP contribution >= 0.6 is 0 Å². The SMILES string of the molecule is CCC(C)(C)C1CCC(NC(=O)Cn2nc(-c3ccc(F)cc3)oc2=O)CC1. The summed E-state index contributed by atoms with van der Waals surface area (Å²) in [7, 11) is 0. The number of hydrogen-bond donors (Lipinski definition) is 1. The number of carbonyl (C=O) groups excluding carboxylic acids is 1. The standard InChI is InChI=1S/C21H28FN3O3/c1-4-21(2,3)15-7-11-17(12-8-15)23-18(26)13-25-20(27)28-19(24-25)14-5-9-16(22)10-6-14/h5-6,9-10,15,17H,4,7-8,11-13H2,1-3H3,(H,23,26). The maximum absolute atomic E-state index is 13.0. The molecule has 1 amide bonds. The molecule has 1 fully saturated rings. The zero-order chi connectivity index (χ0) is 20.3. The van der Waals surface area contributed by atoms with Crippen LogP contribution in [0.2, 0.25) is 0 Å². The zero-order valence-electron chi connectivity index (χ0n) is 16.7. The normalized spacial score (nSPS) is 20.1. The van der Waals surface area contributed by atoms with Gasteiger partial charge in [0.15, 0.2) is 0 Å². The number of benzene rings is 1. The van der Waals surface area contributed by atoms with E-state index in [1.807, 2.05) is 0 Å². The van der Waals surface area contributed by atoms with E-state index < -0.39 is 5.76 Å². The summed E-state index contributed by atoms with van der Waals surface area (Å²) in [5, 5.41) is 7.06. The van der Waals surface area contributed by atoms with E-state index in [0.717, 1.165) is 36.8 Å². The monoisotopic (exact) mass is 389 g/mol. The molecule has 7 heteroatoms. The first-order chi connectivity index (χ1) is 13.3. The Balaban J connectivity index is 1.56. The van der Waals surface area contributed by atoms with Crippen LogP contribution in [0.4, 0.5) is 4.39 Å².